The molecule has 2 aromatic heterocycles. The molecule has 4 rings (SSSR count). The zero-order valence-electron chi connectivity index (χ0n) is 16.4. The van der Waals surface area contributed by atoms with Gasteiger partial charge in [0.05, 0.1) is 16.8 Å². The summed E-state index contributed by atoms with van der Waals surface area (Å²) in [7, 11) is 3.98. The van der Waals surface area contributed by atoms with Crippen molar-refractivity contribution < 1.29 is 9.53 Å². The summed E-state index contributed by atoms with van der Waals surface area (Å²) in [5.41, 5.74) is 0.859. The smallest absolute Gasteiger partial charge is 0.298 e. The van der Waals surface area contributed by atoms with Crippen molar-refractivity contribution in [3.8, 4) is 5.75 Å². The van der Waals surface area contributed by atoms with Crippen LogP contribution in [0.2, 0.25) is 0 Å². The highest BCUT2D eigenvalue weighted by atomic mass is 32.1. The lowest BCUT2D eigenvalue weighted by Crippen LogP contribution is -2.38. The molecular formula is C19H24N6O2S. The summed E-state index contributed by atoms with van der Waals surface area (Å²) >= 11 is 1.49. The maximum Gasteiger partial charge on any atom is 0.298 e. The Labute approximate surface area is 167 Å². The number of amides is 1. The lowest BCUT2D eigenvalue weighted by atomic mass is 10.3. The van der Waals surface area contributed by atoms with Gasteiger partial charge in [-0.1, -0.05) is 11.3 Å². The second kappa shape index (κ2) is 7.84. The Kier molecular flexibility index (Phi) is 5.27. The highest BCUT2D eigenvalue weighted by molar-refractivity contribution is 7.22. The monoisotopic (exact) mass is 400 g/mol. The largest absolute Gasteiger partial charge is 0.494 e. The molecule has 0 N–H and O–H groups in total. The molecule has 1 amide bonds. The maximum atomic E-state index is 13.4. The number of likely N-dealkylation sites (N-methyl/N-ethyl adjacent to an activating group) is 1. The molecule has 3 heterocycles. The van der Waals surface area contributed by atoms with Gasteiger partial charge < -0.3 is 14.2 Å². The molecule has 0 aliphatic carbocycles. The van der Waals surface area contributed by atoms with Gasteiger partial charge in [-0.15, -0.1) is 10.2 Å². The number of carbonyl (C=O) groups excluding carboxylic acids is 1. The molecule has 0 bridgehead atoms. The zero-order chi connectivity index (χ0) is 19.7. The first-order chi connectivity index (χ1) is 13.6. The molecule has 1 aliphatic heterocycles. The number of carbonyl (C=O) groups is 1. The minimum Gasteiger partial charge on any atom is -0.494 e. The predicted molar refractivity (Wildman–Crippen MR) is 109 cm³/mol. The van der Waals surface area contributed by atoms with Gasteiger partial charge in [-0.25, -0.2) is 4.98 Å². The zero-order valence-corrected chi connectivity index (χ0v) is 17.2. The Morgan fingerprint density at radius 3 is 2.93 bits per heavy atom. The summed E-state index contributed by atoms with van der Waals surface area (Å²) in [6.07, 6.45) is 1.88. The molecule has 28 heavy (non-hydrogen) atoms. The van der Waals surface area contributed by atoms with Crippen LogP contribution in [0.4, 0.5) is 5.13 Å². The van der Waals surface area contributed by atoms with Gasteiger partial charge in [0.15, 0.2) is 5.13 Å². The van der Waals surface area contributed by atoms with Gasteiger partial charge in [0.2, 0.25) is 5.82 Å². The summed E-state index contributed by atoms with van der Waals surface area (Å²) in [6, 6.07) is 5.82. The van der Waals surface area contributed by atoms with Gasteiger partial charge in [-0.05, 0) is 45.6 Å². The molecule has 0 saturated heterocycles. The Morgan fingerprint density at radius 2 is 2.14 bits per heavy atom. The topological polar surface area (TPSA) is 76.4 Å². The number of anilines is 1. The van der Waals surface area contributed by atoms with Gasteiger partial charge in [0, 0.05) is 26.1 Å². The van der Waals surface area contributed by atoms with Crippen molar-refractivity contribution >= 4 is 32.6 Å². The van der Waals surface area contributed by atoms with Crippen LogP contribution in [0.15, 0.2) is 18.2 Å². The molecule has 0 radical (unpaired) electrons. The second-order valence-electron chi connectivity index (χ2n) is 7.01. The van der Waals surface area contributed by atoms with Crippen molar-refractivity contribution in [2.45, 2.75) is 26.3 Å². The van der Waals surface area contributed by atoms with Crippen LogP contribution < -0.4 is 9.64 Å². The van der Waals surface area contributed by atoms with Crippen LogP contribution >= 0.6 is 11.3 Å². The number of nitrogens with zero attached hydrogens (tertiary/aromatic N) is 6. The molecule has 3 aromatic rings. The van der Waals surface area contributed by atoms with Crippen molar-refractivity contribution in [2.75, 3.05) is 38.7 Å². The Balaban J connectivity index is 1.69. The van der Waals surface area contributed by atoms with Crippen LogP contribution in [-0.4, -0.2) is 64.3 Å². The number of benzene rings is 1. The fraction of sp³-hybridized carbons (Fsp3) is 0.474. The quantitative estimate of drug-likeness (QED) is 0.606. The van der Waals surface area contributed by atoms with E-state index in [9.17, 15) is 4.79 Å². The standard InChI is InChI=1S/C19H24N6O2S/c1-4-27-13-7-8-14-15(12-13)28-19(20-14)25(11-10-23(2)3)18(26)17-22-21-16-6-5-9-24(16)17/h7-8,12H,4-6,9-11H2,1-3H3. The normalized spacial score (nSPS) is 13.3. The highest BCUT2D eigenvalue weighted by Crippen LogP contribution is 2.32. The molecule has 1 aliphatic rings. The van der Waals surface area contributed by atoms with Gasteiger partial charge >= 0.3 is 0 Å². The molecule has 0 saturated carbocycles. The Hall–Kier alpha value is -2.52. The van der Waals surface area contributed by atoms with E-state index in [0.29, 0.717) is 24.1 Å². The molecule has 148 valence electrons. The lowest BCUT2D eigenvalue weighted by Gasteiger charge is -2.21. The van der Waals surface area contributed by atoms with Crippen LogP contribution in [0.3, 0.4) is 0 Å². The van der Waals surface area contributed by atoms with Crippen molar-refractivity contribution in [1.82, 2.24) is 24.6 Å². The lowest BCUT2D eigenvalue weighted by molar-refractivity contribution is 0.0971. The van der Waals surface area contributed by atoms with Crippen LogP contribution in [0.1, 0.15) is 29.8 Å². The van der Waals surface area contributed by atoms with Crippen molar-refractivity contribution in [3.63, 3.8) is 0 Å². The minimum absolute atomic E-state index is 0.147. The third kappa shape index (κ3) is 3.59. The number of ether oxygens (including phenoxy) is 1. The van der Waals surface area contributed by atoms with Crippen LogP contribution in [0.5, 0.6) is 5.75 Å². The van der Waals surface area contributed by atoms with E-state index >= 15 is 0 Å². The molecule has 1 aromatic carbocycles. The number of hydrogen-bond donors (Lipinski definition) is 0. The van der Waals surface area contributed by atoms with Gasteiger partial charge in [0.25, 0.3) is 5.91 Å². The van der Waals surface area contributed by atoms with E-state index in [1.807, 2.05) is 43.8 Å². The molecule has 0 unspecified atom stereocenters. The fourth-order valence-corrected chi connectivity index (χ4v) is 4.30. The third-order valence-corrected chi connectivity index (χ3v) is 5.75. The number of aromatic nitrogens is 4. The number of aryl methyl sites for hydroxylation is 1. The average Bonchev–Trinajstić information content (AvgIpc) is 3.36. The fourth-order valence-electron chi connectivity index (χ4n) is 3.28. The van der Waals surface area contributed by atoms with E-state index in [-0.39, 0.29) is 5.91 Å². The van der Waals surface area contributed by atoms with E-state index in [2.05, 4.69) is 15.1 Å². The van der Waals surface area contributed by atoms with E-state index in [0.717, 1.165) is 47.7 Å². The maximum absolute atomic E-state index is 13.4. The van der Waals surface area contributed by atoms with E-state index in [1.165, 1.54) is 11.3 Å². The molecular weight excluding hydrogens is 376 g/mol. The Morgan fingerprint density at radius 1 is 1.29 bits per heavy atom. The van der Waals surface area contributed by atoms with Crippen LogP contribution in [0, 0.1) is 0 Å². The van der Waals surface area contributed by atoms with Crippen LogP contribution in [0.25, 0.3) is 10.2 Å². The van der Waals surface area contributed by atoms with Crippen molar-refractivity contribution in [1.29, 1.82) is 0 Å². The summed E-state index contributed by atoms with van der Waals surface area (Å²) in [4.78, 5) is 21.8. The Bertz CT molecular complexity index is 996. The van der Waals surface area contributed by atoms with Crippen molar-refractivity contribution in [3.05, 3.63) is 29.8 Å². The van der Waals surface area contributed by atoms with Crippen molar-refractivity contribution in [2.24, 2.45) is 0 Å². The van der Waals surface area contributed by atoms with Gasteiger partial charge in [-0.3, -0.25) is 9.69 Å². The first-order valence-corrected chi connectivity index (χ1v) is 10.3. The SMILES string of the molecule is CCOc1ccc2nc(N(CCN(C)C)C(=O)c3nnc4n3CCC4)sc2c1. The number of hydrogen-bond acceptors (Lipinski definition) is 7. The minimum atomic E-state index is -0.147. The molecule has 0 atom stereocenters. The molecule has 8 nitrogen and oxygen atoms in total. The molecule has 0 fully saturated rings. The highest BCUT2D eigenvalue weighted by Gasteiger charge is 2.28. The average molecular weight is 401 g/mol. The summed E-state index contributed by atoms with van der Waals surface area (Å²) in [6.45, 7) is 4.63. The second-order valence-corrected chi connectivity index (χ2v) is 8.02. The van der Waals surface area contributed by atoms with Crippen LogP contribution in [-0.2, 0) is 13.0 Å². The van der Waals surface area contributed by atoms with Gasteiger partial charge in [0.1, 0.15) is 11.6 Å². The third-order valence-electron chi connectivity index (χ3n) is 4.71. The van der Waals surface area contributed by atoms with E-state index in [4.69, 9.17) is 9.72 Å². The molecule has 0 spiro atoms. The first-order valence-electron chi connectivity index (χ1n) is 9.49. The van der Waals surface area contributed by atoms with E-state index < -0.39 is 0 Å². The number of rotatable bonds is 7. The predicted octanol–water partition coefficient (Wildman–Crippen LogP) is 2.44. The first kappa shape index (κ1) is 18.8. The summed E-state index contributed by atoms with van der Waals surface area (Å²) in [5.74, 6) is 1.96. The summed E-state index contributed by atoms with van der Waals surface area (Å²) in [5, 5.41) is 9.03. The number of thiazole rings is 1. The molecule has 9 heteroatoms. The van der Waals surface area contributed by atoms with Gasteiger partial charge in [-0.2, -0.15) is 0 Å². The number of fused-ring (bicyclic) bond motifs is 2. The van der Waals surface area contributed by atoms with E-state index in [1.54, 1.807) is 4.90 Å². The summed E-state index contributed by atoms with van der Waals surface area (Å²) < 4.78 is 8.52.